The van der Waals surface area contributed by atoms with Gasteiger partial charge in [0.25, 0.3) is 5.91 Å². The molecule has 10 heteroatoms. The summed E-state index contributed by atoms with van der Waals surface area (Å²) in [7, 11) is 0. The molecule has 2 heterocycles. The van der Waals surface area contributed by atoms with E-state index in [4.69, 9.17) is 27.9 Å². The maximum Gasteiger partial charge on any atom is 0.257 e. The van der Waals surface area contributed by atoms with Gasteiger partial charge in [-0.1, -0.05) is 23.2 Å². The summed E-state index contributed by atoms with van der Waals surface area (Å²) >= 11 is 11.3. The van der Waals surface area contributed by atoms with Crippen LogP contribution in [0.15, 0.2) is 55.1 Å². The minimum Gasteiger partial charge on any atom is -0.593 e. The van der Waals surface area contributed by atoms with E-state index >= 15 is 0 Å². The quantitative estimate of drug-likeness (QED) is 0.552. The molecule has 1 aliphatic heterocycles. The lowest BCUT2D eigenvalue weighted by molar-refractivity contribution is 0.102. The molecule has 1 amide bonds. The van der Waals surface area contributed by atoms with E-state index in [0.717, 1.165) is 6.42 Å². The summed E-state index contributed by atoms with van der Waals surface area (Å²) in [6.45, 7) is 0.674. The van der Waals surface area contributed by atoms with Gasteiger partial charge >= 0.3 is 0 Å². The number of benzene rings is 2. The fraction of sp³-hybridized carbons (Fsp3) is 0.150. The van der Waals surface area contributed by atoms with Crippen LogP contribution in [-0.2, 0) is 11.4 Å². The number of ether oxygens (including phenoxy) is 1. The maximum atomic E-state index is 12.9. The highest BCUT2D eigenvalue weighted by Gasteiger charge is 2.28. The van der Waals surface area contributed by atoms with Crippen LogP contribution in [0.4, 0.5) is 11.4 Å². The Hall–Kier alpha value is -2.52. The molecular weight excluding hydrogens is 447 g/mol. The highest BCUT2D eigenvalue weighted by atomic mass is 35.5. The molecule has 1 fully saturated rings. The standard InChI is InChI=1S/C20H16Cl2N4O3S/c21-13-6-14(8-16(7-13)29-17-10-23-12-24-11-17)25-20(27)18-9-15(2-3-19(18)22)26-4-1-5-30(26)28/h2-3,6-12H,1,4-5H2,(H,25,27). The summed E-state index contributed by atoms with van der Waals surface area (Å²) in [5, 5.41) is 3.46. The van der Waals surface area contributed by atoms with E-state index < -0.39 is 17.3 Å². The number of hydrogen-bond donors (Lipinski definition) is 1. The zero-order valence-corrected chi connectivity index (χ0v) is 17.9. The van der Waals surface area contributed by atoms with Crippen molar-refractivity contribution in [2.45, 2.75) is 6.42 Å². The van der Waals surface area contributed by atoms with Crippen LogP contribution >= 0.6 is 23.2 Å². The molecule has 1 aromatic heterocycles. The van der Waals surface area contributed by atoms with Gasteiger partial charge in [0.15, 0.2) is 5.75 Å². The van der Waals surface area contributed by atoms with Crippen molar-refractivity contribution in [1.29, 1.82) is 0 Å². The first kappa shape index (κ1) is 20.7. The molecule has 1 saturated heterocycles. The van der Waals surface area contributed by atoms with E-state index in [1.807, 2.05) is 0 Å². The number of rotatable bonds is 5. The minimum absolute atomic E-state index is 0.275. The highest BCUT2D eigenvalue weighted by molar-refractivity contribution is 7.93. The molecule has 0 spiro atoms. The average molecular weight is 463 g/mol. The van der Waals surface area contributed by atoms with Gasteiger partial charge in [0.05, 0.1) is 46.6 Å². The highest BCUT2D eigenvalue weighted by Crippen LogP contribution is 2.31. The molecule has 0 aliphatic carbocycles. The van der Waals surface area contributed by atoms with Crippen LogP contribution in [0.25, 0.3) is 0 Å². The van der Waals surface area contributed by atoms with Gasteiger partial charge in [-0.05, 0) is 30.3 Å². The van der Waals surface area contributed by atoms with E-state index in [1.165, 1.54) is 18.7 Å². The number of anilines is 2. The third-order valence-corrected chi connectivity index (χ3v) is 6.38. The number of nitrogens with zero attached hydrogens (tertiary/aromatic N) is 3. The SMILES string of the molecule is O=C(Nc1cc(Cl)cc(Oc2cncnc2)c1)c1cc(N2CCC[S+]2[O-])ccc1Cl. The van der Waals surface area contributed by atoms with Crippen molar-refractivity contribution < 1.29 is 14.1 Å². The maximum absolute atomic E-state index is 12.9. The normalized spacial score (nSPS) is 15.8. The van der Waals surface area contributed by atoms with Crippen LogP contribution in [0.3, 0.4) is 0 Å². The molecule has 1 atom stereocenters. The molecule has 1 aliphatic rings. The second-order valence-electron chi connectivity index (χ2n) is 6.45. The molecule has 0 saturated carbocycles. The Kier molecular flexibility index (Phi) is 6.29. The first-order valence-electron chi connectivity index (χ1n) is 9.00. The number of carbonyl (C=O) groups excluding carboxylic acids is 1. The Morgan fingerprint density at radius 2 is 1.93 bits per heavy atom. The fourth-order valence-corrected chi connectivity index (χ4v) is 4.71. The molecule has 1 unspecified atom stereocenters. The molecule has 0 bridgehead atoms. The van der Waals surface area contributed by atoms with Gasteiger partial charge in [-0.3, -0.25) is 4.79 Å². The molecule has 4 rings (SSSR count). The smallest absolute Gasteiger partial charge is 0.257 e. The molecule has 3 aromatic rings. The number of aromatic nitrogens is 2. The van der Waals surface area contributed by atoms with Crippen molar-refractivity contribution in [2.75, 3.05) is 21.9 Å². The summed E-state index contributed by atoms with van der Waals surface area (Å²) in [5.41, 5.74) is 1.40. The molecule has 154 valence electrons. The van der Waals surface area contributed by atoms with Gasteiger partial charge in [0, 0.05) is 23.2 Å². The average Bonchev–Trinajstić information content (AvgIpc) is 3.14. The van der Waals surface area contributed by atoms with E-state index in [0.29, 0.717) is 45.2 Å². The molecule has 7 nitrogen and oxygen atoms in total. The summed E-state index contributed by atoms with van der Waals surface area (Å²) in [6, 6.07) is 9.87. The van der Waals surface area contributed by atoms with Crippen LogP contribution in [0.5, 0.6) is 11.5 Å². The summed E-state index contributed by atoms with van der Waals surface area (Å²) in [5.74, 6) is 1.05. The van der Waals surface area contributed by atoms with Gasteiger partial charge < -0.3 is 14.6 Å². The Morgan fingerprint density at radius 1 is 1.13 bits per heavy atom. The van der Waals surface area contributed by atoms with Crippen LogP contribution in [0.1, 0.15) is 16.8 Å². The third-order valence-electron chi connectivity index (χ3n) is 4.31. The van der Waals surface area contributed by atoms with Crippen molar-refractivity contribution in [1.82, 2.24) is 9.97 Å². The lowest BCUT2D eigenvalue weighted by Crippen LogP contribution is -2.25. The lowest BCUT2D eigenvalue weighted by atomic mass is 10.1. The second-order valence-corrected chi connectivity index (χ2v) is 8.79. The summed E-state index contributed by atoms with van der Waals surface area (Å²) in [4.78, 5) is 20.7. The molecule has 2 aromatic carbocycles. The molecule has 30 heavy (non-hydrogen) atoms. The van der Waals surface area contributed by atoms with Gasteiger partial charge in [-0.25, -0.2) is 9.97 Å². The zero-order valence-electron chi connectivity index (χ0n) is 15.5. The second kappa shape index (κ2) is 9.09. The van der Waals surface area contributed by atoms with E-state index in [1.54, 1.807) is 40.7 Å². The van der Waals surface area contributed by atoms with Gasteiger partial charge in [0.2, 0.25) is 0 Å². The number of nitrogens with one attached hydrogen (secondary N) is 1. The number of halogens is 2. The van der Waals surface area contributed by atoms with Crippen molar-refractivity contribution in [3.63, 3.8) is 0 Å². The number of carbonyl (C=O) groups is 1. The van der Waals surface area contributed by atoms with Crippen LogP contribution < -0.4 is 14.4 Å². The van der Waals surface area contributed by atoms with Crippen molar-refractivity contribution in [2.24, 2.45) is 0 Å². The largest absolute Gasteiger partial charge is 0.593 e. The van der Waals surface area contributed by atoms with Crippen molar-refractivity contribution >= 4 is 51.8 Å². The Morgan fingerprint density at radius 3 is 2.67 bits per heavy atom. The Labute approximate surface area is 186 Å². The van der Waals surface area contributed by atoms with Gasteiger partial charge in [-0.15, -0.1) is 0 Å². The molecule has 1 N–H and O–H groups in total. The molecule has 0 radical (unpaired) electrons. The Balaban J connectivity index is 1.55. The van der Waals surface area contributed by atoms with E-state index in [-0.39, 0.29) is 5.56 Å². The van der Waals surface area contributed by atoms with E-state index in [2.05, 4.69) is 15.3 Å². The molecular formula is C20H16Cl2N4O3S. The van der Waals surface area contributed by atoms with E-state index in [9.17, 15) is 9.35 Å². The summed E-state index contributed by atoms with van der Waals surface area (Å²) in [6.07, 6.45) is 5.26. The fourth-order valence-electron chi connectivity index (χ4n) is 3.00. The Bertz CT molecular complexity index is 1070. The van der Waals surface area contributed by atoms with Crippen LogP contribution in [0.2, 0.25) is 10.0 Å². The lowest BCUT2D eigenvalue weighted by Gasteiger charge is -2.19. The van der Waals surface area contributed by atoms with Crippen LogP contribution in [0, 0.1) is 0 Å². The number of hydrogen-bond acceptors (Lipinski definition) is 6. The third kappa shape index (κ3) is 4.79. The monoisotopic (exact) mass is 462 g/mol. The first-order chi connectivity index (χ1) is 14.5. The van der Waals surface area contributed by atoms with Crippen molar-refractivity contribution in [3.05, 3.63) is 70.7 Å². The predicted octanol–water partition coefficient (Wildman–Crippen LogP) is 4.70. The predicted molar refractivity (Wildman–Crippen MR) is 118 cm³/mol. The van der Waals surface area contributed by atoms with Gasteiger partial charge in [-0.2, -0.15) is 4.31 Å². The summed E-state index contributed by atoms with van der Waals surface area (Å²) < 4.78 is 19.6. The van der Waals surface area contributed by atoms with Gasteiger partial charge in [0.1, 0.15) is 17.8 Å². The zero-order chi connectivity index (χ0) is 21.1. The van der Waals surface area contributed by atoms with Crippen molar-refractivity contribution in [3.8, 4) is 11.5 Å². The number of amides is 1. The van der Waals surface area contributed by atoms with Crippen LogP contribution in [-0.4, -0.2) is 32.7 Å². The topological polar surface area (TPSA) is 90.4 Å². The minimum atomic E-state index is -1.09. The first-order valence-corrected chi connectivity index (χ1v) is 11.0.